The van der Waals surface area contributed by atoms with Gasteiger partial charge in [-0.3, -0.25) is 0 Å². The third-order valence-corrected chi connectivity index (χ3v) is 4.63. The summed E-state index contributed by atoms with van der Waals surface area (Å²) in [6, 6.07) is 7.96. The Labute approximate surface area is 131 Å². The van der Waals surface area contributed by atoms with Gasteiger partial charge >= 0.3 is 15.6 Å². The number of thiazole rings is 1. The van der Waals surface area contributed by atoms with Crippen LogP contribution >= 0.6 is 11.3 Å². The largest absolute Gasteiger partial charge is 0.534 e. The summed E-state index contributed by atoms with van der Waals surface area (Å²) in [5, 5.41) is 3.88. The Bertz CT molecular complexity index is 945. The molecule has 0 aliphatic rings. The number of hydrogen-bond donors (Lipinski definition) is 1. The van der Waals surface area contributed by atoms with E-state index in [1.54, 1.807) is 24.3 Å². The van der Waals surface area contributed by atoms with Crippen LogP contribution in [-0.2, 0) is 10.1 Å². The fourth-order valence-corrected chi connectivity index (χ4v) is 3.02. The molecule has 2 N–H and O–H groups in total. The van der Waals surface area contributed by atoms with Crippen LogP contribution in [0.2, 0.25) is 0 Å². The fraction of sp³-hybridized carbons (Fsp3) is 0.0909. The first kappa shape index (κ1) is 15.6. The molecule has 0 unspecified atom stereocenters. The van der Waals surface area contributed by atoms with Gasteiger partial charge in [-0.2, -0.15) is 26.3 Å². The lowest BCUT2D eigenvalue weighted by Crippen LogP contribution is -2.28. The van der Waals surface area contributed by atoms with Gasteiger partial charge in [-0.15, -0.1) is 5.10 Å². The molecular weight excluding hydrogens is 357 g/mol. The van der Waals surface area contributed by atoms with E-state index in [1.807, 2.05) is 0 Å². The van der Waals surface area contributed by atoms with Gasteiger partial charge in [-0.1, -0.05) is 23.5 Å². The van der Waals surface area contributed by atoms with Gasteiger partial charge in [0, 0.05) is 6.07 Å². The number of nitrogens with two attached hydrogens (primary N) is 1. The van der Waals surface area contributed by atoms with E-state index in [4.69, 9.17) is 5.73 Å². The summed E-state index contributed by atoms with van der Waals surface area (Å²) in [7, 11) is -5.81. The van der Waals surface area contributed by atoms with Crippen molar-refractivity contribution in [3.8, 4) is 11.0 Å². The summed E-state index contributed by atoms with van der Waals surface area (Å²) in [4.78, 5) is 4.21. The molecule has 7 nitrogen and oxygen atoms in total. The Balaban J connectivity index is 1.98. The number of nitrogen functional groups attached to an aromatic ring is 1. The molecule has 0 bridgehead atoms. The summed E-state index contributed by atoms with van der Waals surface area (Å²) in [6.07, 6.45) is 0. The minimum Gasteiger partial charge on any atom is -0.383 e. The zero-order valence-corrected chi connectivity index (χ0v) is 12.6. The second kappa shape index (κ2) is 5.09. The first-order chi connectivity index (χ1) is 10.7. The minimum atomic E-state index is -5.81. The third kappa shape index (κ3) is 2.82. The molecule has 0 saturated carbocycles. The Morgan fingerprint density at radius 1 is 1.26 bits per heavy atom. The molecule has 0 saturated heterocycles. The zero-order valence-electron chi connectivity index (χ0n) is 11.0. The third-order valence-electron chi connectivity index (χ3n) is 2.66. The summed E-state index contributed by atoms with van der Waals surface area (Å²) >= 11 is 1.18. The highest BCUT2D eigenvalue weighted by Crippen LogP contribution is 2.30. The van der Waals surface area contributed by atoms with Crippen LogP contribution in [0.4, 0.5) is 19.0 Å². The maximum absolute atomic E-state index is 12.3. The van der Waals surface area contributed by atoms with Crippen LogP contribution in [0, 0.1) is 0 Å². The lowest BCUT2D eigenvalue weighted by atomic mass is 10.3. The van der Waals surface area contributed by atoms with E-state index < -0.39 is 21.5 Å². The normalized spacial score (nSPS) is 12.7. The minimum absolute atomic E-state index is 0.114. The van der Waals surface area contributed by atoms with E-state index in [9.17, 15) is 21.6 Å². The lowest BCUT2D eigenvalue weighted by Gasteiger charge is -2.06. The molecule has 0 aliphatic carbocycles. The molecule has 1 aromatic carbocycles. The van der Waals surface area contributed by atoms with E-state index in [2.05, 4.69) is 14.3 Å². The number of benzene rings is 1. The number of fused-ring (bicyclic) bond motifs is 1. The summed E-state index contributed by atoms with van der Waals surface area (Å²) in [6.45, 7) is 0. The van der Waals surface area contributed by atoms with Gasteiger partial charge < -0.3 is 9.92 Å². The Morgan fingerprint density at radius 3 is 2.61 bits per heavy atom. The van der Waals surface area contributed by atoms with Crippen molar-refractivity contribution in [1.29, 1.82) is 0 Å². The van der Waals surface area contributed by atoms with Gasteiger partial charge in [0.05, 0.1) is 10.2 Å². The van der Waals surface area contributed by atoms with Gasteiger partial charge in [0.25, 0.3) is 5.88 Å². The maximum atomic E-state index is 12.3. The highest BCUT2D eigenvalue weighted by Gasteiger charge is 2.49. The first-order valence-corrected chi connectivity index (χ1v) is 8.12. The maximum Gasteiger partial charge on any atom is 0.534 e. The average molecular weight is 364 g/mol. The standard InChI is InChI=1S/C11H7F3N4O3S2/c12-11(13,14)23(19,20)21-9-5-8(15)18(17-9)10-16-6-3-1-2-4-7(6)22-10/h1-5H,15H2. The Kier molecular flexibility index (Phi) is 3.44. The Morgan fingerprint density at radius 2 is 1.96 bits per heavy atom. The van der Waals surface area contributed by atoms with Crippen LogP contribution < -0.4 is 9.92 Å². The van der Waals surface area contributed by atoms with Gasteiger partial charge in [0.1, 0.15) is 5.82 Å². The molecule has 122 valence electrons. The van der Waals surface area contributed by atoms with E-state index >= 15 is 0 Å². The number of hydrogen-bond acceptors (Lipinski definition) is 7. The molecule has 0 atom stereocenters. The van der Waals surface area contributed by atoms with Crippen LogP contribution in [0.1, 0.15) is 0 Å². The summed E-state index contributed by atoms with van der Waals surface area (Å²) in [5.74, 6) is -0.907. The van der Waals surface area contributed by atoms with Gasteiger partial charge in [-0.05, 0) is 12.1 Å². The van der Waals surface area contributed by atoms with Crippen molar-refractivity contribution in [3.05, 3.63) is 30.3 Å². The molecule has 2 aromatic heterocycles. The van der Waals surface area contributed by atoms with E-state index in [1.165, 1.54) is 11.3 Å². The molecule has 0 amide bonds. The van der Waals surface area contributed by atoms with Gasteiger partial charge in [-0.25, -0.2) is 4.98 Å². The predicted octanol–water partition coefficient (Wildman–Crippen LogP) is 2.29. The number of nitrogens with zero attached hydrogens (tertiary/aromatic N) is 3. The second-order valence-electron chi connectivity index (χ2n) is 4.27. The second-order valence-corrected chi connectivity index (χ2v) is 6.81. The van der Waals surface area contributed by atoms with Crippen molar-refractivity contribution < 1.29 is 25.8 Å². The van der Waals surface area contributed by atoms with E-state index in [0.29, 0.717) is 5.52 Å². The number of para-hydroxylation sites is 1. The average Bonchev–Trinajstić information content (AvgIpc) is 3.00. The van der Waals surface area contributed by atoms with Crippen LogP contribution in [0.15, 0.2) is 30.3 Å². The molecule has 23 heavy (non-hydrogen) atoms. The molecule has 12 heteroatoms. The summed E-state index contributed by atoms with van der Waals surface area (Å²) < 4.78 is 64.6. The van der Waals surface area contributed by atoms with E-state index in [0.717, 1.165) is 15.4 Å². The van der Waals surface area contributed by atoms with Crippen molar-refractivity contribution in [1.82, 2.24) is 14.8 Å². The molecule has 0 radical (unpaired) electrons. The highest BCUT2D eigenvalue weighted by molar-refractivity contribution is 7.87. The fourth-order valence-electron chi connectivity index (χ4n) is 1.68. The first-order valence-electron chi connectivity index (χ1n) is 5.89. The van der Waals surface area contributed by atoms with Crippen LogP contribution in [0.5, 0.6) is 5.88 Å². The van der Waals surface area contributed by atoms with Crippen molar-refractivity contribution in [3.63, 3.8) is 0 Å². The predicted molar refractivity (Wildman–Crippen MR) is 76.8 cm³/mol. The summed E-state index contributed by atoms with van der Waals surface area (Å²) in [5.41, 5.74) is 0.726. The van der Waals surface area contributed by atoms with E-state index in [-0.39, 0.29) is 10.9 Å². The number of halogens is 3. The zero-order chi connectivity index (χ0) is 16.8. The van der Waals surface area contributed by atoms with Crippen LogP contribution in [0.3, 0.4) is 0 Å². The van der Waals surface area contributed by atoms with Crippen molar-refractivity contribution >= 4 is 37.5 Å². The number of alkyl halides is 3. The van der Waals surface area contributed by atoms with Crippen molar-refractivity contribution in [2.24, 2.45) is 0 Å². The lowest BCUT2D eigenvalue weighted by molar-refractivity contribution is -0.0501. The number of anilines is 1. The van der Waals surface area contributed by atoms with Gasteiger partial charge in [0.2, 0.25) is 5.13 Å². The smallest absolute Gasteiger partial charge is 0.383 e. The quantitative estimate of drug-likeness (QED) is 0.565. The van der Waals surface area contributed by atoms with Gasteiger partial charge in [0.15, 0.2) is 0 Å². The van der Waals surface area contributed by atoms with Crippen LogP contribution in [-0.4, -0.2) is 28.7 Å². The molecule has 0 fully saturated rings. The topological polar surface area (TPSA) is 100 Å². The molecule has 3 aromatic rings. The monoisotopic (exact) mass is 364 g/mol. The van der Waals surface area contributed by atoms with Crippen LogP contribution in [0.25, 0.3) is 15.3 Å². The number of rotatable bonds is 3. The number of aromatic nitrogens is 3. The molecular formula is C11H7F3N4O3S2. The Hall–Kier alpha value is -2.34. The molecule has 0 aliphatic heterocycles. The van der Waals surface area contributed by atoms with Crippen molar-refractivity contribution in [2.75, 3.05) is 5.73 Å². The molecule has 2 heterocycles. The molecule has 3 rings (SSSR count). The van der Waals surface area contributed by atoms with Crippen molar-refractivity contribution in [2.45, 2.75) is 5.51 Å². The highest BCUT2D eigenvalue weighted by atomic mass is 32.2. The molecule has 0 spiro atoms. The SMILES string of the molecule is Nc1cc(OS(=O)(=O)C(F)(F)F)nn1-c1nc2ccccc2s1.